The van der Waals surface area contributed by atoms with E-state index in [0.717, 1.165) is 5.56 Å². The van der Waals surface area contributed by atoms with Crippen molar-refractivity contribution >= 4 is 11.9 Å². The van der Waals surface area contributed by atoms with Gasteiger partial charge >= 0.3 is 11.9 Å². The third kappa shape index (κ3) is 5.14. The molecule has 0 aliphatic heterocycles. The van der Waals surface area contributed by atoms with Crippen LogP contribution in [0.15, 0.2) is 12.4 Å². The number of carbonyl (C=O) groups excluding carboxylic acids is 2. The van der Waals surface area contributed by atoms with Gasteiger partial charge in [-0.15, -0.1) is 0 Å². The Morgan fingerprint density at radius 1 is 1.35 bits per heavy atom. The van der Waals surface area contributed by atoms with Gasteiger partial charge < -0.3 is 9.47 Å². The van der Waals surface area contributed by atoms with Gasteiger partial charge in [0, 0.05) is 6.20 Å². The van der Waals surface area contributed by atoms with Gasteiger partial charge in [0.05, 0.1) is 25.8 Å². The van der Waals surface area contributed by atoms with Crippen molar-refractivity contribution < 1.29 is 19.1 Å². The summed E-state index contributed by atoms with van der Waals surface area (Å²) in [5.74, 6) is -0.970. The maximum Gasteiger partial charge on any atom is 0.344 e. The van der Waals surface area contributed by atoms with Crippen LogP contribution in [-0.4, -0.2) is 34.9 Å². The van der Waals surface area contributed by atoms with Gasteiger partial charge in [0.1, 0.15) is 0 Å². The zero-order chi connectivity index (χ0) is 12.7. The lowest BCUT2D eigenvalue weighted by atomic mass is 10.4. The maximum atomic E-state index is 11.3. The van der Waals surface area contributed by atoms with E-state index in [1.165, 1.54) is 0 Å². The number of ether oxygens (including phenoxy) is 2. The second-order valence-electron chi connectivity index (χ2n) is 3.50. The van der Waals surface area contributed by atoms with Crippen LogP contribution in [0.1, 0.15) is 18.9 Å². The van der Waals surface area contributed by atoms with E-state index in [0.29, 0.717) is 6.54 Å². The molecule has 0 N–H and O–H groups in total. The minimum absolute atomic E-state index is 0.181. The third-order valence-corrected chi connectivity index (χ3v) is 1.96. The largest absolute Gasteiger partial charge is 0.463 e. The Bertz CT molecular complexity index is 387. The van der Waals surface area contributed by atoms with Crippen LogP contribution >= 0.6 is 0 Å². The molecule has 0 saturated carbocycles. The number of esters is 2. The molecule has 0 aliphatic rings. The predicted molar refractivity (Wildman–Crippen MR) is 59.2 cm³/mol. The third-order valence-electron chi connectivity index (χ3n) is 1.96. The molecule has 1 aromatic rings. The molecule has 0 fully saturated rings. The zero-order valence-corrected chi connectivity index (χ0v) is 10.0. The number of nitrogens with zero attached hydrogens (tertiary/aromatic N) is 2. The fraction of sp³-hybridized carbons (Fsp3) is 0.545. The lowest BCUT2D eigenvalue weighted by molar-refractivity contribution is -0.158. The van der Waals surface area contributed by atoms with Crippen LogP contribution < -0.4 is 0 Å². The summed E-state index contributed by atoms with van der Waals surface area (Å²) >= 11 is 0. The molecule has 0 saturated heterocycles. The van der Waals surface area contributed by atoms with Crippen molar-refractivity contribution in [1.82, 2.24) is 9.78 Å². The normalized spacial score (nSPS) is 10.0. The number of hydrogen-bond donors (Lipinski definition) is 0. The first-order valence-electron chi connectivity index (χ1n) is 5.42. The van der Waals surface area contributed by atoms with Crippen LogP contribution in [-0.2, 0) is 25.6 Å². The molecule has 17 heavy (non-hydrogen) atoms. The van der Waals surface area contributed by atoms with Crippen LogP contribution in [0.25, 0.3) is 0 Å². The molecule has 6 heteroatoms. The van der Waals surface area contributed by atoms with Gasteiger partial charge in [0.25, 0.3) is 0 Å². The summed E-state index contributed by atoms with van der Waals surface area (Å²) in [5, 5.41) is 4.03. The Morgan fingerprint density at radius 2 is 2.12 bits per heavy atom. The van der Waals surface area contributed by atoms with Crippen molar-refractivity contribution in [2.24, 2.45) is 0 Å². The summed E-state index contributed by atoms with van der Waals surface area (Å²) in [6.45, 7) is 4.01. The van der Waals surface area contributed by atoms with Gasteiger partial charge in [-0.2, -0.15) is 5.10 Å². The van der Waals surface area contributed by atoms with Gasteiger partial charge in [0.2, 0.25) is 0 Å². The lowest BCUT2D eigenvalue weighted by Gasteiger charge is -2.04. The molecule has 0 atom stereocenters. The van der Waals surface area contributed by atoms with Gasteiger partial charge in [-0.05, 0) is 19.4 Å². The number of hydrogen-bond acceptors (Lipinski definition) is 5. The predicted octanol–water partition coefficient (Wildman–Crippen LogP) is 0.688. The second kappa shape index (κ2) is 6.67. The molecule has 0 amide bonds. The monoisotopic (exact) mass is 240 g/mol. The standard InChI is InChI=1S/C11H16N2O4/c1-3-16-11(15)8-17-10(14)4-5-13-7-9(2)6-12-13/h6-7H,3-5,8H2,1-2H3. The van der Waals surface area contributed by atoms with E-state index in [-0.39, 0.29) is 19.6 Å². The van der Waals surface area contributed by atoms with Crippen molar-refractivity contribution in [3.63, 3.8) is 0 Å². The second-order valence-corrected chi connectivity index (χ2v) is 3.50. The molecule has 1 rings (SSSR count). The number of aryl methyl sites for hydroxylation is 2. The van der Waals surface area contributed by atoms with Crippen LogP contribution in [0.5, 0.6) is 0 Å². The minimum atomic E-state index is -0.532. The van der Waals surface area contributed by atoms with Crippen LogP contribution in [0, 0.1) is 6.92 Å². The van der Waals surface area contributed by atoms with E-state index in [1.54, 1.807) is 17.8 Å². The molecule has 1 aromatic heterocycles. The molecule has 1 heterocycles. The van der Waals surface area contributed by atoms with Crippen molar-refractivity contribution in [2.75, 3.05) is 13.2 Å². The minimum Gasteiger partial charge on any atom is -0.463 e. The molecule has 0 spiro atoms. The molecule has 0 radical (unpaired) electrons. The highest BCUT2D eigenvalue weighted by atomic mass is 16.6. The molecule has 0 bridgehead atoms. The quantitative estimate of drug-likeness (QED) is 0.684. The lowest BCUT2D eigenvalue weighted by Crippen LogP contribution is -2.17. The summed E-state index contributed by atoms with van der Waals surface area (Å²) in [6.07, 6.45) is 3.73. The van der Waals surface area contributed by atoms with Crippen LogP contribution in [0.4, 0.5) is 0 Å². The van der Waals surface area contributed by atoms with E-state index < -0.39 is 11.9 Å². The molecule has 6 nitrogen and oxygen atoms in total. The average Bonchev–Trinajstić information content (AvgIpc) is 2.70. The Kier molecular flexibility index (Phi) is 5.19. The smallest absolute Gasteiger partial charge is 0.344 e. The fourth-order valence-corrected chi connectivity index (χ4v) is 1.21. The van der Waals surface area contributed by atoms with Gasteiger partial charge in [-0.25, -0.2) is 4.79 Å². The Hall–Kier alpha value is -1.85. The highest BCUT2D eigenvalue weighted by Gasteiger charge is 2.08. The van der Waals surface area contributed by atoms with E-state index in [1.807, 2.05) is 13.1 Å². The molecule has 94 valence electrons. The Morgan fingerprint density at radius 3 is 2.71 bits per heavy atom. The van der Waals surface area contributed by atoms with Crippen LogP contribution in [0.2, 0.25) is 0 Å². The molecule has 0 unspecified atom stereocenters. The van der Waals surface area contributed by atoms with E-state index in [9.17, 15) is 9.59 Å². The van der Waals surface area contributed by atoms with Crippen LogP contribution in [0.3, 0.4) is 0 Å². The van der Waals surface area contributed by atoms with Gasteiger partial charge in [0.15, 0.2) is 6.61 Å². The fourth-order valence-electron chi connectivity index (χ4n) is 1.21. The summed E-state index contributed by atoms with van der Waals surface area (Å²) in [6, 6.07) is 0. The average molecular weight is 240 g/mol. The highest BCUT2D eigenvalue weighted by molar-refractivity contribution is 5.76. The van der Waals surface area contributed by atoms with E-state index in [2.05, 4.69) is 9.84 Å². The maximum absolute atomic E-state index is 11.3. The van der Waals surface area contributed by atoms with E-state index >= 15 is 0 Å². The van der Waals surface area contributed by atoms with Crippen molar-refractivity contribution in [3.8, 4) is 0 Å². The Labute approximate surface area is 99.5 Å². The molecule has 0 aliphatic carbocycles. The summed E-state index contributed by atoms with van der Waals surface area (Å²) in [7, 11) is 0. The summed E-state index contributed by atoms with van der Waals surface area (Å²) < 4.78 is 11.0. The van der Waals surface area contributed by atoms with Crippen molar-refractivity contribution in [2.45, 2.75) is 26.8 Å². The highest BCUT2D eigenvalue weighted by Crippen LogP contribution is 1.97. The Balaban J connectivity index is 2.19. The summed E-state index contributed by atoms with van der Waals surface area (Å²) in [4.78, 5) is 22.2. The number of aromatic nitrogens is 2. The van der Waals surface area contributed by atoms with Gasteiger partial charge in [-0.3, -0.25) is 9.48 Å². The van der Waals surface area contributed by atoms with Crippen molar-refractivity contribution in [3.05, 3.63) is 18.0 Å². The molecular weight excluding hydrogens is 224 g/mol. The number of carbonyl (C=O) groups is 2. The van der Waals surface area contributed by atoms with Gasteiger partial charge in [-0.1, -0.05) is 0 Å². The molecule has 0 aromatic carbocycles. The first-order valence-corrected chi connectivity index (χ1v) is 5.42. The molecular formula is C11H16N2O4. The number of rotatable bonds is 6. The summed E-state index contributed by atoms with van der Waals surface area (Å²) in [5.41, 5.74) is 1.03. The first kappa shape index (κ1) is 13.2. The van der Waals surface area contributed by atoms with Crippen molar-refractivity contribution in [1.29, 1.82) is 0 Å². The van der Waals surface area contributed by atoms with E-state index in [4.69, 9.17) is 4.74 Å². The topological polar surface area (TPSA) is 70.4 Å². The zero-order valence-electron chi connectivity index (χ0n) is 10.0. The first-order chi connectivity index (χ1) is 8.11. The SMILES string of the molecule is CCOC(=O)COC(=O)CCn1cc(C)cn1.